The third kappa shape index (κ3) is 5.03. The fourth-order valence-corrected chi connectivity index (χ4v) is 1.75. The van der Waals surface area contributed by atoms with E-state index >= 15 is 0 Å². The molecule has 2 heteroatoms. The minimum Gasteiger partial charge on any atom is -0.462 e. The van der Waals surface area contributed by atoms with Gasteiger partial charge in [0.2, 0.25) is 0 Å². The smallest absolute Gasteiger partial charge is 0.338 e. The zero-order valence-corrected chi connectivity index (χ0v) is 10.8. The van der Waals surface area contributed by atoms with Crippen LogP contribution in [0.4, 0.5) is 0 Å². The molecule has 0 aromatic heterocycles. The standard InChI is InChI=1S/C15H22O2/c1-3-5-9-13(4-2)12-17-15(16)14-10-7-6-8-11-14/h6-8,10-11,13H,3-5,9,12H2,1-2H3. The van der Waals surface area contributed by atoms with Crippen LogP contribution in [0.5, 0.6) is 0 Å². The second-order valence-corrected chi connectivity index (χ2v) is 4.38. The largest absolute Gasteiger partial charge is 0.462 e. The van der Waals surface area contributed by atoms with Crippen molar-refractivity contribution in [1.82, 2.24) is 0 Å². The Morgan fingerprint density at radius 1 is 1.24 bits per heavy atom. The van der Waals surface area contributed by atoms with Crippen LogP contribution in [0.2, 0.25) is 0 Å². The van der Waals surface area contributed by atoms with Crippen molar-refractivity contribution in [2.24, 2.45) is 5.92 Å². The average molecular weight is 234 g/mol. The maximum absolute atomic E-state index is 11.7. The van der Waals surface area contributed by atoms with Crippen molar-refractivity contribution in [2.45, 2.75) is 39.5 Å². The Labute approximate surface area is 104 Å². The van der Waals surface area contributed by atoms with Gasteiger partial charge in [-0.15, -0.1) is 0 Å². The van der Waals surface area contributed by atoms with Gasteiger partial charge in [0, 0.05) is 0 Å². The van der Waals surface area contributed by atoms with E-state index in [9.17, 15) is 4.79 Å². The molecule has 1 aromatic carbocycles. The maximum Gasteiger partial charge on any atom is 0.338 e. The van der Waals surface area contributed by atoms with Gasteiger partial charge in [-0.3, -0.25) is 0 Å². The summed E-state index contributed by atoms with van der Waals surface area (Å²) < 4.78 is 5.34. The molecule has 2 nitrogen and oxygen atoms in total. The minimum atomic E-state index is -0.208. The molecule has 0 aliphatic heterocycles. The molecule has 0 fully saturated rings. The number of hydrogen-bond acceptors (Lipinski definition) is 2. The van der Waals surface area contributed by atoms with E-state index in [0.29, 0.717) is 18.1 Å². The topological polar surface area (TPSA) is 26.3 Å². The summed E-state index contributed by atoms with van der Waals surface area (Å²) in [7, 11) is 0. The van der Waals surface area contributed by atoms with Gasteiger partial charge in [-0.2, -0.15) is 0 Å². The predicted molar refractivity (Wildman–Crippen MR) is 70.0 cm³/mol. The normalized spacial score (nSPS) is 12.1. The van der Waals surface area contributed by atoms with Crippen LogP contribution in [0, 0.1) is 5.92 Å². The number of ether oxygens (including phenoxy) is 1. The van der Waals surface area contributed by atoms with E-state index in [2.05, 4.69) is 13.8 Å². The van der Waals surface area contributed by atoms with Crippen molar-refractivity contribution >= 4 is 5.97 Å². The van der Waals surface area contributed by atoms with Crippen LogP contribution >= 0.6 is 0 Å². The van der Waals surface area contributed by atoms with Gasteiger partial charge in [-0.25, -0.2) is 4.79 Å². The van der Waals surface area contributed by atoms with Crippen molar-refractivity contribution in [3.8, 4) is 0 Å². The summed E-state index contributed by atoms with van der Waals surface area (Å²) in [5, 5.41) is 0. The van der Waals surface area contributed by atoms with Gasteiger partial charge in [0.05, 0.1) is 12.2 Å². The summed E-state index contributed by atoms with van der Waals surface area (Å²) in [5.41, 5.74) is 0.637. The molecule has 0 radical (unpaired) electrons. The van der Waals surface area contributed by atoms with Crippen LogP contribution < -0.4 is 0 Å². The summed E-state index contributed by atoms with van der Waals surface area (Å²) in [4.78, 5) is 11.7. The molecule has 0 aliphatic carbocycles. The van der Waals surface area contributed by atoms with Crippen molar-refractivity contribution in [3.05, 3.63) is 35.9 Å². The highest BCUT2D eigenvalue weighted by Crippen LogP contribution is 2.13. The van der Waals surface area contributed by atoms with Gasteiger partial charge in [0.15, 0.2) is 0 Å². The van der Waals surface area contributed by atoms with E-state index in [1.165, 1.54) is 12.8 Å². The molecular formula is C15H22O2. The first-order chi connectivity index (χ1) is 8.27. The molecule has 94 valence electrons. The van der Waals surface area contributed by atoms with Crippen molar-refractivity contribution in [3.63, 3.8) is 0 Å². The Kier molecular flexibility index (Phi) is 6.38. The number of esters is 1. The Morgan fingerprint density at radius 2 is 1.94 bits per heavy atom. The van der Waals surface area contributed by atoms with Crippen LogP contribution in [0.25, 0.3) is 0 Å². The molecule has 0 saturated carbocycles. The second kappa shape index (κ2) is 7.88. The van der Waals surface area contributed by atoms with Crippen LogP contribution in [-0.2, 0) is 4.74 Å². The zero-order chi connectivity index (χ0) is 12.5. The molecular weight excluding hydrogens is 212 g/mol. The van der Waals surface area contributed by atoms with E-state index < -0.39 is 0 Å². The fraction of sp³-hybridized carbons (Fsp3) is 0.533. The molecule has 1 unspecified atom stereocenters. The molecule has 1 rings (SSSR count). The first-order valence-electron chi connectivity index (χ1n) is 6.50. The second-order valence-electron chi connectivity index (χ2n) is 4.38. The van der Waals surface area contributed by atoms with Crippen LogP contribution in [0.3, 0.4) is 0 Å². The molecule has 0 aliphatic rings. The van der Waals surface area contributed by atoms with E-state index in [1.54, 1.807) is 12.1 Å². The van der Waals surface area contributed by atoms with Crippen molar-refractivity contribution in [2.75, 3.05) is 6.61 Å². The van der Waals surface area contributed by atoms with Crippen LogP contribution in [0.15, 0.2) is 30.3 Å². The highest BCUT2D eigenvalue weighted by molar-refractivity contribution is 5.89. The lowest BCUT2D eigenvalue weighted by Gasteiger charge is -2.14. The summed E-state index contributed by atoms with van der Waals surface area (Å²) in [6.07, 6.45) is 4.63. The quantitative estimate of drug-likeness (QED) is 0.665. The Morgan fingerprint density at radius 3 is 2.53 bits per heavy atom. The fourth-order valence-electron chi connectivity index (χ4n) is 1.75. The van der Waals surface area contributed by atoms with Crippen LogP contribution in [-0.4, -0.2) is 12.6 Å². The van der Waals surface area contributed by atoms with Gasteiger partial charge in [0.25, 0.3) is 0 Å². The van der Waals surface area contributed by atoms with Crippen molar-refractivity contribution in [1.29, 1.82) is 0 Å². The minimum absolute atomic E-state index is 0.208. The Bertz CT molecular complexity index is 319. The number of carbonyl (C=O) groups is 1. The number of hydrogen-bond donors (Lipinski definition) is 0. The van der Waals surface area contributed by atoms with E-state index in [1.807, 2.05) is 18.2 Å². The number of unbranched alkanes of at least 4 members (excludes halogenated alkanes) is 1. The highest BCUT2D eigenvalue weighted by Gasteiger charge is 2.11. The van der Waals surface area contributed by atoms with Crippen molar-refractivity contribution < 1.29 is 9.53 Å². The van der Waals surface area contributed by atoms with Gasteiger partial charge < -0.3 is 4.74 Å². The van der Waals surface area contributed by atoms with Gasteiger partial charge in [-0.1, -0.05) is 51.3 Å². The molecule has 0 spiro atoms. The molecule has 0 bridgehead atoms. The summed E-state index contributed by atoms with van der Waals surface area (Å²) in [6, 6.07) is 9.17. The molecule has 17 heavy (non-hydrogen) atoms. The summed E-state index contributed by atoms with van der Waals surface area (Å²) in [6.45, 7) is 4.88. The lowest BCUT2D eigenvalue weighted by atomic mass is 10.0. The number of carbonyl (C=O) groups excluding carboxylic acids is 1. The lowest BCUT2D eigenvalue weighted by Crippen LogP contribution is -2.13. The summed E-state index contributed by atoms with van der Waals surface area (Å²) >= 11 is 0. The number of rotatable bonds is 7. The number of benzene rings is 1. The van der Waals surface area contributed by atoms with Gasteiger partial charge in [0.1, 0.15) is 0 Å². The summed E-state index contributed by atoms with van der Waals surface area (Å²) in [5.74, 6) is 0.295. The molecule has 0 N–H and O–H groups in total. The van der Waals surface area contributed by atoms with Crippen LogP contribution in [0.1, 0.15) is 49.9 Å². The van der Waals surface area contributed by atoms with E-state index in [0.717, 1.165) is 12.8 Å². The monoisotopic (exact) mass is 234 g/mol. The average Bonchev–Trinajstić information content (AvgIpc) is 2.39. The third-order valence-electron chi connectivity index (χ3n) is 3.00. The molecule has 0 saturated heterocycles. The maximum atomic E-state index is 11.7. The third-order valence-corrected chi connectivity index (χ3v) is 3.00. The first kappa shape index (κ1) is 13.8. The molecule has 1 aromatic rings. The molecule has 0 heterocycles. The Balaban J connectivity index is 2.36. The Hall–Kier alpha value is -1.31. The highest BCUT2D eigenvalue weighted by atomic mass is 16.5. The van der Waals surface area contributed by atoms with Gasteiger partial charge in [-0.05, 0) is 24.5 Å². The lowest BCUT2D eigenvalue weighted by molar-refractivity contribution is 0.0428. The zero-order valence-electron chi connectivity index (χ0n) is 10.8. The first-order valence-corrected chi connectivity index (χ1v) is 6.50. The predicted octanol–water partition coefficient (Wildman–Crippen LogP) is 4.06. The van der Waals surface area contributed by atoms with Gasteiger partial charge >= 0.3 is 5.97 Å². The SMILES string of the molecule is CCCCC(CC)COC(=O)c1ccccc1. The molecule has 0 amide bonds. The van der Waals surface area contributed by atoms with E-state index in [-0.39, 0.29) is 5.97 Å². The van der Waals surface area contributed by atoms with E-state index in [4.69, 9.17) is 4.74 Å². The molecule has 1 atom stereocenters.